The van der Waals surface area contributed by atoms with E-state index in [0.717, 1.165) is 10.9 Å². The first kappa shape index (κ1) is 28.1. The topological polar surface area (TPSA) is 173 Å². The number of benzene rings is 1. The lowest BCUT2D eigenvalue weighted by atomic mass is 10.1. The van der Waals surface area contributed by atoms with Crippen LogP contribution in [0, 0.1) is 0 Å². The number of carbonyl (C=O) groups is 1. The van der Waals surface area contributed by atoms with Crippen LogP contribution in [-0.2, 0) is 23.4 Å². The summed E-state index contributed by atoms with van der Waals surface area (Å²) < 4.78 is 52.2. The molecule has 1 fully saturated rings. The van der Waals surface area contributed by atoms with Crippen molar-refractivity contribution in [1.82, 2.24) is 24.6 Å². The Balaban J connectivity index is 1.54. The number of anilines is 1. The number of nitrogens with zero attached hydrogens (tertiary/aromatic N) is 4. The molecule has 1 aliphatic heterocycles. The van der Waals surface area contributed by atoms with Crippen molar-refractivity contribution >= 4 is 42.3 Å². The molecule has 206 valence electrons. The Hall–Kier alpha value is -2.87. The molecule has 0 amide bonds. The van der Waals surface area contributed by atoms with Crippen LogP contribution < -0.4 is 15.3 Å². The van der Waals surface area contributed by atoms with Crippen molar-refractivity contribution in [2.45, 2.75) is 56.5 Å². The van der Waals surface area contributed by atoms with Crippen LogP contribution in [0.3, 0.4) is 0 Å². The van der Waals surface area contributed by atoms with Gasteiger partial charge in [0.05, 0.1) is 19.0 Å². The number of aromatic nitrogens is 4. The van der Waals surface area contributed by atoms with Crippen molar-refractivity contribution in [2.24, 2.45) is 0 Å². The minimum atomic E-state index is -4.30. The van der Waals surface area contributed by atoms with Crippen molar-refractivity contribution < 1.29 is 37.4 Å². The van der Waals surface area contributed by atoms with Gasteiger partial charge in [-0.3, -0.25) is 13.9 Å². The number of rotatable bonds is 10. The van der Waals surface area contributed by atoms with Gasteiger partial charge >= 0.3 is 13.7 Å². The van der Waals surface area contributed by atoms with Crippen molar-refractivity contribution in [3.63, 3.8) is 0 Å². The van der Waals surface area contributed by atoms with Crippen molar-refractivity contribution in [2.75, 3.05) is 12.3 Å². The Kier molecular flexibility index (Phi) is 8.21. The third-order valence-electron chi connectivity index (χ3n) is 5.45. The molecule has 0 spiro atoms. The summed E-state index contributed by atoms with van der Waals surface area (Å²) in [5.41, 5.74) is 6.09. The molecule has 0 aliphatic carbocycles. The van der Waals surface area contributed by atoms with Gasteiger partial charge in [0.1, 0.15) is 35.8 Å². The first-order chi connectivity index (χ1) is 17.9. The number of alkyl halides is 2. The molecule has 3 aromatic rings. The molecule has 0 radical (unpaired) electrons. The van der Waals surface area contributed by atoms with Crippen LogP contribution in [0.2, 0.25) is 0 Å². The number of nitrogens with one attached hydrogen (secondary N) is 1. The van der Waals surface area contributed by atoms with Crippen LogP contribution >= 0.6 is 19.3 Å². The van der Waals surface area contributed by atoms with Crippen LogP contribution in [0.15, 0.2) is 43.0 Å². The fraction of sp³-hybridized carbons (Fsp3) is 0.455. The number of fused-ring (bicyclic) bond motifs is 1. The standard InChI is InChI=1S/C22H27ClFN6O7P/c1-12(2)35-20(32)13(3)29-38(33,37-14-7-5-4-6-8-14)34-9-15-17(31)22(23,24)21(36-15)30-11-28-16-18(25)26-10-27-19(16)30/h4-8,10-13,15,17,21,31H,9H2,1-3H3,(H,29,33)(H2,25,26,27)/t13-,15+,17+,21+,22-,38?/m0/s1. The van der Waals surface area contributed by atoms with Gasteiger partial charge in [-0.05, 0) is 32.9 Å². The zero-order valence-corrected chi connectivity index (χ0v) is 22.3. The quantitative estimate of drug-likeness (QED) is 0.184. The molecular formula is C22H27ClFN6O7P. The number of halogens is 2. The third kappa shape index (κ3) is 5.90. The molecule has 38 heavy (non-hydrogen) atoms. The highest BCUT2D eigenvalue weighted by Crippen LogP contribution is 2.49. The second kappa shape index (κ2) is 11.1. The fourth-order valence-corrected chi connectivity index (χ4v) is 5.45. The first-order valence-electron chi connectivity index (χ1n) is 11.5. The van der Waals surface area contributed by atoms with E-state index in [2.05, 4.69) is 20.0 Å². The van der Waals surface area contributed by atoms with Gasteiger partial charge in [-0.2, -0.15) is 5.09 Å². The highest BCUT2D eigenvalue weighted by molar-refractivity contribution is 7.52. The van der Waals surface area contributed by atoms with Gasteiger partial charge in [-0.1, -0.05) is 29.8 Å². The molecule has 1 aliphatic rings. The van der Waals surface area contributed by atoms with E-state index in [1.165, 1.54) is 25.4 Å². The Morgan fingerprint density at radius 2 is 2.03 bits per heavy atom. The maximum Gasteiger partial charge on any atom is 0.459 e. The minimum absolute atomic E-state index is 0.0568. The second-order valence-corrected chi connectivity index (χ2v) is 11.0. The Bertz CT molecular complexity index is 1330. The van der Waals surface area contributed by atoms with E-state index in [1.807, 2.05) is 0 Å². The summed E-state index contributed by atoms with van der Waals surface area (Å²) in [5, 5.41) is 10.3. The minimum Gasteiger partial charge on any atom is -0.462 e. The molecule has 16 heteroatoms. The number of esters is 1. The van der Waals surface area contributed by atoms with Gasteiger partial charge in [-0.15, -0.1) is 0 Å². The number of hydrogen-bond donors (Lipinski definition) is 3. The van der Waals surface area contributed by atoms with Crippen LogP contribution in [-0.4, -0.2) is 66.7 Å². The van der Waals surface area contributed by atoms with Crippen molar-refractivity contribution in [1.29, 1.82) is 0 Å². The van der Waals surface area contributed by atoms with E-state index in [-0.39, 0.29) is 22.7 Å². The highest BCUT2D eigenvalue weighted by Gasteiger charge is 2.58. The molecule has 1 aromatic carbocycles. The SMILES string of the molecule is CC(C)OC(=O)[C@H](C)NP(=O)(OC[C@H]1O[C@@H](n2cnc3c(N)ncnc32)[C@](F)(Cl)[C@@H]1O)Oc1ccccc1. The number of nitrogens with two attached hydrogens (primary N) is 1. The smallest absolute Gasteiger partial charge is 0.459 e. The summed E-state index contributed by atoms with van der Waals surface area (Å²) in [6.45, 7) is 4.10. The predicted octanol–water partition coefficient (Wildman–Crippen LogP) is 2.70. The van der Waals surface area contributed by atoms with E-state index < -0.39 is 56.0 Å². The predicted molar refractivity (Wildman–Crippen MR) is 134 cm³/mol. The van der Waals surface area contributed by atoms with Crippen LogP contribution in [0.5, 0.6) is 5.75 Å². The summed E-state index contributed by atoms with van der Waals surface area (Å²) in [5.74, 6) is -0.478. The Morgan fingerprint density at radius 1 is 1.32 bits per heavy atom. The molecule has 2 aromatic heterocycles. The zero-order valence-electron chi connectivity index (χ0n) is 20.6. The first-order valence-corrected chi connectivity index (χ1v) is 13.4. The lowest BCUT2D eigenvalue weighted by Crippen LogP contribution is -2.40. The lowest BCUT2D eigenvalue weighted by molar-refractivity contribution is -0.149. The molecule has 4 N–H and O–H groups in total. The maximum atomic E-state index is 15.5. The number of aliphatic hydroxyl groups is 1. The summed E-state index contributed by atoms with van der Waals surface area (Å²) in [4.78, 5) is 24.2. The van der Waals surface area contributed by atoms with Gasteiger partial charge in [0.15, 0.2) is 17.7 Å². The summed E-state index contributed by atoms with van der Waals surface area (Å²) in [6.07, 6.45) is -3.01. The van der Waals surface area contributed by atoms with E-state index in [9.17, 15) is 14.5 Å². The number of para-hydroxylation sites is 1. The number of ether oxygens (including phenoxy) is 2. The Morgan fingerprint density at radius 3 is 2.71 bits per heavy atom. The highest BCUT2D eigenvalue weighted by atomic mass is 35.5. The monoisotopic (exact) mass is 572 g/mol. The largest absolute Gasteiger partial charge is 0.462 e. The fourth-order valence-electron chi connectivity index (χ4n) is 3.65. The van der Waals surface area contributed by atoms with Crippen molar-refractivity contribution in [3.05, 3.63) is 43.0 Å². The van der Waals surface area contributed by atoms with Crippen LogP contribution in [0.1, 0.15) is 27.0 Å². The number of imidazole rings is 1. The van der Waals surface area contributed by atoms with Crippen molar-refractivity contribution in [3.8, 4) is 5.75 Å². The lowest BCUT2D eigenvalue weighted by Gasteiger charge is -2.25. The third-order valence-corrected chi connectivity index (χ3v) is 7.51. The molecule has 1 unspecified atom stereocenters. The number of hydrogen-bond acceptors (Lipinski definition) is 11. The van der Waals surface area contributed by atoms with E-state index in [0.29, 0.717) is 0 Å². The Labute approximate surface area is 222 Å². The molecule has 4 rings (SSSR count). The van der Waals surface area contributed by atoms with E-state index in [1.54, 1.807) is 32.0 Å². The van der Waals surface area contributed by atoms with Crippen LogP contribution in [0.4, 0.5) is 10.2 Å². The summed E-state index contributed by atoms with van der Waals surface area (Å²) in [6, 6.07) is 6.94. The number of nitrogen functional groups attached to an aromatic ring is 1. The molecule has 6 atom stereocenters. The molecule has 13 nitrogen and oxygen atoms in total. The van der Waals surface area contributed by atoms with E-state index >= 15 is 4.39 Å². The molecular weight excluding hydrogens is 546 g/mol. The van der Waals surface area contributed by atoms with Gasteiger partial charge in [-0.25, -0.2) is 23.9 Å². The van der Waals surface area contributed by atoms with Gasteiger partial charge in [0.2, 0.25) is 0 Å². The molecule has 0 saturated carbocycles. The molecule has 3 heterocycles. The summed E-state index contributed by atoms with van der Waals surface area (Å²) >= 11 is 6.07. The average molecular weight is 573 g/mol. The second-order valence-electron chi connectivity index (χ2n) is 8.76. The normalized spacial score (nSPS) is 25.8. The zero-order chi connectivity index (χ0) is 27.7. The number of aliphatic hydroxyl groups excluding tert-OH is 1. The van der Waals surface area contributed by atoms with Gasteiger partial charge < -0.3 is 24.8 Å². The maximum absolute atomic E-state index is 15.5. The van der Waals surface area contributed by atoms with Gasteiger partial charge in [0, 0.05) is 0 Å². The number of carbonyl (C=O) groups excluding carboxylic acids is 1. The van der Waals surface area contributed by atoms with Gasteiger partial charge in [0.25, 0.3) is 5.13 Å². The molecule has 0 bridgehead atoms. The van der Waals surface area contributed by atoms with Crippen LogP contribution in [0.25, 0.3) is 11.2 Å². The average Bonchev–Trinajstić information content (AvgIpc) is 3.37. The summed E-state index contributed by atoms with van der Waals surface area (Å²) in [7, 11) is -4.30. The molecule has 1 saturated heterocycles. The van der Waals surface area contributed by atoms with E-state index in [4.69, 9.17) is 35.9 Å².